The molecule has 0 aliphatic heterocycles. The Labute approximate surface area is 191 Å². The Kier molecular flexibility index (Phi) is 6.53. The maximum Gasteiger partial charge on any atom is 0.268 e. The van der Waals surface area contributed by atoms with E-state index in [2.05, 4.69) is 27.4 Å². The highest BCUT2D eigenvalue weighted by Crippen LogP contribution is 2.28. The normalized spacial score (nSPS) is 16.7. The van der Waals surface area contributed by atoms with Crippen molar-refractivity contribution in [2.45, 2.75) is 38.1 Å². The number of carbonyl (C=O) groups excluding carboxylic acids is 1. The van der Waals surface area contributed by atoms with Gasteiger partial charge in [-0.1, -0.05) is 35.9 Å². The maximum absolute atomic E-state index is 12.0. The Balaban J connectivity index is 1.78. The quantitative estimate of drug-likeness (QED) is 0.473. The predicted octanol–water partition coefficient (Wildman–Crippen LogP) is 3.33. The molecule has 166 valence electrons. The molecule has 1 aromatic carbocycles. The van der Waals surface area contributed by atoms with Gasteiger partial charge in [-0.05, 0) is 43.9 Å². The first-order valence-electron chi connectivity index (χ1n) is 10.6. The molecule has 0 spiro atoms. The van der Waals surface area contributed by atoms with Crippen molar-refractivity contribution in [3.63, 3.8) is 0 Å². The summed E-state index contributed by atoms with van der Waals surface area (Å²) < 4.78 is 1.78. The van der Waals surface area contributed by atoms with E-state index >= 15 is 0 Å². The summed E-state index contributed by atoms with van der Waals surface area (Å²) in [5.41, 5.74) is 13.6. The van der Waals surface area contributed by atoms with Crippen LogP contribution >= 0.6 is 11.6 Å². The SMILES string of the molecule is Cc1cnc(NC2CC=CCC2)nc1-n1cc(C(N)=O)nc1[C@H](CN)c1cccc(Cl)c1. The second kappa shape index (κ2) is 9.50. The lowest BCUT2D eigenvalue weighted by molar-refractivity contribution is 0.0996. The van der Waals surface area contributed by atoms with Gasteiger partial charge in [0.05, 0.1) is 5.92 Å². The Hall–Kier alpha value is -3.23. The maximum atomic E-state index is 12.0. The van der Waals surface area contributed by atoms with Crippen LogP contribution in [0.5, 0.6) is 0 Å². The number of primary amides is 1. The van der Waals surface area contributed by atoms with Crippen LogP contribution in [0.25, 0.3) is 5.82 Å². The standard InChI is InChI=1S/C23H26ClN7O/c1-14-12-27-23(28-17-8-3-2-4-9-17)30-21(14)31-13-19(20(26)32)29-22(31)18(11-25)15-6-5-7-16(24)10-15/h2-3,5-7,10,12-13,17-18H,4,8-9,11,25H2,1H3,(H2,26,32)(H,27,28,30)/t17?,18-/m1/s1. The molecule has 9 heteroatoms. The van der Waals surface area contributed by atoms with Crippen LogP contribution in [0.4, 0.5) is 5.95 Å². The lowest BCUT2D eigenvalue weighted by Crippen LogP contribution is -2.23. The molecule has 5 N–H and O–H groups in total. The van der Waals surface area contributed by atoms with Gasteiger partial charge in [-0.25, -0.2) is 9.97 Å². The second-order valence-electron chi connectivity index (χ2n) is 7.89. The number of imidazole rings is 1. The number of nitrogens with one attached hydrogen (secondary N) is 1. The van der Waals surface area contributed by atoms with Gasteiger partial charge in [-0.2, -0.15) is 4.98 Å². The number of aromatic nitrogens is 4. The van der Waals surface area contributed by atoms with Gasteiger partial charge in [0.25, 0.3) is 5.91 Å². The number of carbonyl (C=O) groups is 1. The third-order valence-electron chi connectivity index (χ3n) is 5.56. The molecule has 1 amide bonds. The Morgan fingerprint density at radius 2 is 2.19 bits per heavy atom. The van der Waals surface area contributed by atoms with E-state index in [1.54, 1.807) is 23.0 Å². The number of nitrogens with zero attached hydrogens (tertiary/aromatic N) is 4. The van der Waals surface area contributed by atoms with Crippen LogP contribution < -0.4 is 16.8 Å². The highest BCUT2D eigenvalue weighted by Gasteiger charge is 2.24. The molecule has 1 aliphatic carbocycles. The summed E-state index contributed by atoms with van der Waals surface area (Å²) in [5.74, 6) is 0.779. The second-order valence-corrected chi connectivity index (χ2v) is 8.32. The number of rotatable bonds is 7. The zero-order chi connectivity index (χ0) is 22.7. The fourth-order valence-electron chi connectivity index (χ4n) is 3.90. The first kappa shape index (κ1) is 22.0. The van der Waals surface area contributed by atoms with Crippen LogP contribution in [0.1, 0.15) is 52.6 Å². The van der Waals surface area contributed by atoms with Crippen LogP contribution in [0.15, 0.2) is 48.8 Å². The van der Waals surface area contributed by atoms with Gasteiger partial charge in [-0.15, -0.1) is 0 Å². The van der Waals surface area contributed by atoms with Crippen LogP contribution in [0.3, 0.4) is 0 Å². The van der Waals surface area contributed by atoms with E-state index in [4.69, 9.17) is 28.1 Å². The summed E-state index contributed by atoms with van der Waals surface area (Å²) in [7, 11) is 0. The topological polar surface area (TPSA) is 125 Å². The average molecular weight is 452 g/mol. The van der Waals surface area contributed by atoms with Crippen molar-refractivity contribution in [2.24, 2.45) is 11.5 Å². The number of benzene rings is 1. The number of halogens is 1. The van der Waals surface area contributed by atoms with Gasteiger partial charge in [0, 0.05) is 35.6 Å². The van der Waals surface area contributed by atoms with Gasteiger partial charge in [0.2, 0.25) is 5.95 Å². The molecule has 1 aliphatic rings. The van der Waals surface area contributed by atoms with Crippen molar-refractivity contribution >= 4 is 23.5 Å². The number of aryl methyl sites for hydroxylation is 1. The lowest BCUT2D eigenvalue weighted by Gasteiger charge is -2.21. The Morgan fingerprint density at radius 3 is 2.88 bits per heavy atom. The smallest absolute Gasteiger partial charge is 0.268 e. The highest BCUT2D eigenvalue weighted by atomic mass is 35.5. The van der Waals surface area contributed by atoms with E-state index < -0.39 is 5.91 Å². The minimum absolute atomic E-state index is 0.144. The molecule has 32 heavy (non-hydrogen) atoms. The number of anilines is 1. The number of allylic oxidation sites excluding steroid dienone is 1. The largest absolute Gasteiger partial charge is 0.364 e. The summed E-state index contributed by atoms with van der Waals surface area (Å²) in [6.07, 6.45) is 10.7. The molecule has 4 rings (SSSR count). The molecule has 1 unspecified atom stereocenters. The fraction of sp³-hybridized carbons (Fsp3) is 0.304. The molecule has 0 fully saturated rings. The van der Waals surface area contributed by atoms with Crippen LogP contribution in [0.2, 0.25) is 5.02 Å². The van der Waals surface area contributed by atoms with Gasteiger partial charge in [0.1, 0.15) is 17.3 Å². The fourth-order valence-corrected chi connectivity index (χ4v) is 4.10. The molecule has 2 aromatic heterocycles. The minimum Gasteiger partial charge on any atom is -0.364 e. The van der Waals surface area contributed by atoms with Gasteiger partial charge in [-0.3, -0.25) is 9.36 Å². The van der Waals surface area contributed by atoms with E-state index in [1.807, 2.05) is 25.1 Å². The number of nitrogens with two attached hydrogens (primary N) is 2. The van der Waals surface area contributed by atoms with E-state index in [1.165, 1.54) is 0 Å². The molecule has 0 saturated heterocycles. The third kappa shape index (κ3) is 4.66. The van der Waals surface area contributed by atoms with Crippen molar-refractivity contribution < 1.29 is 4.79 Å². The highest BCUT2D eigenvalue weighted by molar-refractivity contribution is 6.30. The first-order valence-corrected chi connectivity index (χ1v) is 10.9. The summed E-state index contributed by atoms with van der Waals surface area (Å²) in [5, 5.41) is 4.01. The minimum atomic E-state index is -0.620. The van der Waals surface area contributed by atoms with Gasteiger partial charge in [0.15, 0.2) is 0 Å². The number of amides is 1. The van der Waals surface area contributed by atoms with Crippen LogP contribution in [-0.4, -0.2) is 38.0 Å². The van der Waals surface area contributed by atoms with E-state index in [9.17, 15) is 4.79 Å². The molecule has 2 atom stereocenters. The van der Waals surface area contributed by atoms with Crippen molar-refractivity contribution in [1.82, 2.24) is 19.5 Å². The summed E-state index contributed by atoms with van der Waals surface area (Å²) in [6.45, 7) is 2.17. The molecule has 2 heterocycles. The lowest BCUT2D eigenvalue weighted by atomic mass is 9.98. The van der Waals surface area contributed by atoms with Crippen LogP contribution in [0, 0.1) is 6.92 Å². The van der Waals surface area contributed by atoms with E-state index in [0.717, 1.165) is 30.4 Å². The third-order valence-corrected chi connectivity index (χ3v) is 5.79. The molecule has 3 aromatic rings. The Morgan fingerprint density at radius 1 is 1.34 bits per heavy atom. The molecule has 0 radical (unpaired) electrons. The predicted molar refractivity (Wildman–Crippen MR) is 125 cm³/mol. The van der Waals surface area contributed by atoms with Crippen molar-refractivity contribution in [3.05, 3.63) is 76.5 Å². The zero-order valence-electron chi connectivity index (χ0n) is 17.8. The van der Waals surface area contributed by atoms with E-state index in [0.29, 0.717) is 22.6 Å². The summed E-state index contributed by atoms with van der Waals surface area (Å²) >= 11 is 6.21. The average Bonchev–Trinajstić information content (AvgIpc) is 3.22. The molecular formula is C23H26ClN7O. The first-order chi connectivity index (χ1) is 15.5. The van der Waals surface area contributed by atoms with Crippen LogP contribution in [-0.2, 0) is 0 Å². The molecule has 0 bridgehead atoms. The van der Waals surface area contributed by atoms with Crippen molar-refractivity contribution in [3.8, 4) is 5.82 Å². The Bertz CT molecular complexity index is 1160. The molecular weight excluding hydrogens is 426 g/mol. The zero-order valence-corrected chi connectivity index (χ0v) is 18.6. The monoisotopic (exact) mass is 451 g/mol. The van der Waals surface area contributed by atoms with Crippen molar-refractivity contribution in [1.29, 1.82) is 0 Å². The van der Waals surface area contributed by atoms with Gasteiger partial charge >= 0.3 is 0 Å². The summed E-state index contributed by atoms with van der Waals surface area (Å²) in [4.78, 5) is 25.7. The number of hydrogen-bond acceptors (Lipinski definition) is 6. The summed E-state index contributed by atoms with van der Waals surface area (Å²) in [6, 6.07) is 7.72. The number of hydrogen-bond donors (Lipinski definition) is 3. The molecule has 8 nitrogen and oxygen atoms in total. The molecule has 0 saturated carbocycles. The van der Waals surface area contributed by atoms with Gasteiger partial charge < -0.3 is 16.8 Å². The van der Waals surface area contributed by atoms with Crippen molar-refractivity contribution in [2.75, 3.05) is 11.9 Å². The van der Waals surface area contributed by atoms with E-state index in [-0.39, 0.29) is 24.2 Å².